The van der Waals surface area contributed by atoms with Gasteiger partial charge in [-0.25, -0.2) is 9.18 Å². The molecule has 0 aliphatic carbocycles. The van der Waals surface area contributed by atoms with E-state index in [2.05, 4.69) is 40.7 Å². The predicted octanol–water partition coefficient (Wildman–Crippen LogP) is 6.38. The van der Waals surface area contributed by atoms with Crippen molar-refractivity contribution in [1.82, 2.24) is 9.47 Å². The van der Waals surface area contributed by atoms with Gasteiger partial charge in [0.1, 0.15) is 5.82 Å². The second-order valence-electron chi connectivity index (χ2n) is 9.87. The van der Waals surface area contributed by atoms with Gasteiger partial charge in [-0.05, 0) is 80.6 Å². The second kappa shape index (κ2) is 10.7. The number of methoxy groups -OCH3 is 1. The molecule has 1 fully saturated rings. The van der Waals surface area contributed by atoms with E-state index in [1.165, 1.54) is 34.8 Å². The van der Waals surface area contributed by atoms with E-state index < -0.39 is 0 Å². The van der Waals surface area contributed by atoms with Gasteiger partial charge in [0.25, 0.3) is 0 Å². The molecular formula is C31H33FN2O2. The molecule has 0 bridgehead atoms. The predicted molar refractivity (Wildman–Crippen MR) is 142 cm³/mol. The lowest BCUT2D eigenvalue weighted by molar-refractivity contribution is 0.0600. The van der Waals surface area contributed by atoms with Gasteiger partial charge in [-0.3, -0.25) is 4.90 Å². The van der Waals surface area contributed by atoms with Gasteiger partial charge < -0.3 is 9.30 Å². The van der Waals surface area contributed by atoms with Crippen LogP contribution in [0.2, 0.25) is 0 Å². The topological polar surface area (TPSA) is 34.5 Å². The molecule has 4 aromatic rings. The number of likely N-dealkylation sites (tertiary alicyclic amines) is 1. The zero-order valence-electron chi connectivity index (χ0n) is 21.0. The zero-order valence-corrected chi connectivity index (χ0v) is 21.0. The number of rotatable bonds is 7. The van der Waals surface area contributed by atoms with Crippen LogP contribution in [0.3, 0.4) is 0 Å². The molecule has 5 rings (SSSR count). The molecule has 0 unspecified atom stereocenters. The summed E-state index contributed by atoms with van der Waals surface area (Å²) >= 11 is 0. The number of esters is 1. The average Bonchev–Trinajstić information content (AvgIpc) is 3.17. The van der Waals surface area contributed by atoms with Crippen molar-refractivity contribution in [2.75, 3.05) is 20.2 Å². The van der Waals surface area contributed by atoms with Crippen LogP contribution in [0.1, 0.15) is 45.6 Å². The Balaban J connectivity index is 1.30. The number of benzene rings is 3. The van der Waals surface area contributed by atoms with Crippen LogP contribution in [0.4, 0.5) is 4.39 Å². The van der Waals surface area contributed by atoms with Gasteiger partial charge in [-0.1, -0.05) is 48.5 Å². The third-order valence-electron chi connectivity index (χ3n) is 7.62. The van der Waals surface area contributed by atoms with E-state index in [-0.39, 0.29) is 11.8 Å². The van der Waals surface area contributed by atoms with Crippen LogP contribution in [0.5, 0.6) is 0 Å². The number of halogens is 1. The molecule has 5 heteroatoms. The van der Waals surface area contributed by atoms with Crippen LogP contribution in [-0.2, 0) is 24.2 Å². The molecule has 3 aromatic carbocycles. The SMILES string of the molecule is COC(=O)c1ccc(Cc2c(C)n(CC3CCN(Cc4ccccc4F)CC3)c3ccccc23)cc1. The number of fused-ring (bicyclic) bond motifs is 1. The number of aromatic nitrogens is 1. The summed E-state index contributed by atoms with van der Waals surface area (Å²) in [6.07, 6.45) is 3.05. The first-order valence-corrected chi connectivity index (χ1v) is 12.7. The highest BCUT2D eigenvalue weighted by molar-refractivity contribution is 5.89. The fraction of sp³-hybridized carbons (Fsp3) is 0.323. The molecule has 0 radical (unpaired) electrons. The van der Waals surface area contributed by atoms with Crippen molar-refractivity contribution in [1.29, 1.82) is 0 Å². The molecule has 1 aliphatic heterocycles. The van der Waals surface area contributed by atoms with Gasteiger partial charge in [0.2, 0.25) is 0 Å². The summed E-state index contributed by atoms with van der Waals surface area (Å²) in [6, 6.07) is 23.5. The number of piperidine rings is 1. The first-order valence-electron chi connectivity index (χ1n) is 12.7. The van der Waals surface area contributed by atoms with Gasteiger partial charge in [0.15, 0.2) is 0 Å². The Bertz CT molecular complexity index is 1350. The van der Waals surface area contributed by atoms with E-state index in [1.54, 1.807) is 12.1 Å². The van der Waals surface area contributed by atoms with Gasteiger partial charge in [-0.15, -0.1) is 0 Å². The monoisotopic (exact) mass is 484 g/mol. The number of carbonyl (C=O) groups excluding carboxylic acids is 1. The summed E-state index contributed by atoms with van der Waals surface area (Å²) in [4.78, 5) is 14.2. The highest BCUT2D eigenvalue weighted by Crippen LogP contribution is 2.31. The third kappa shape index (κ3) is 5.07. The fourth-order valence-corrected chi connectivity index (χ4v) is 5.49. The summed E-state index contributed by atoms with van der Waals surface area (Å²) in [7, 11) is 1.40. The van der Waals surface area contributed by atoms with Crippen molar-refractivity contribution in [2.24, 2.45) is 5.92 Å². The maximum absolute atomic E-state index is 14.1. The summed E-state index contributed by atoms with van der Waals surface area (Å²) in [6.45, 7) is 5.91. The molecule has 0 amide bonds. The van der Waals surface area contributed by atoms with Crippen LogP contribution >= 0.6 is 0 Å². The molecule has 0 atom stereocenters. The quantitative estimate of drug-likeness (QED) is 0.286. The Kier molecular flexibility index (Phi) is 7.19. The Morgan fingerprint density at radius 2 is 1.67 bits per heavy atom. The molecule has 0 saturated carbocycles. The van der Waals surface area contributed by atoms with Crippen molar-refractivity contribution in [3.8, 4) is 0 Å². The van der Waals surface area contributed by atoms with E-state index in [0.29, 0.717) is 18.0 Å². The highest BCUT2D eigenvalue weighted by Gasteiger charge is 2.23. The Hall–Kier alpha value is -3.44. The summed E-state index contributed by atoms with van der Waals surface area (Å²) in [5, 5.41) is 1.30. The number of carbonyl (C=O) groups is 1. The maximum Gasteiger partial charge on any atom is 0.337 e. The van der Waals surface area contributed by atoms with Crippen LogP contribution in [0.15, 0.2) is 72.8 Å². The molecule has 4 nitrogen and oxygen atoms in total. The molecule has 0 spiro atoms. The molecule has 0 N–H and O–H groups in total. The molecule has 1 saturated heterocycles. The first kappa shape index (κ1) is 24.3. The summed E-state index contributed by atoms with van der Waals surface area (Å²) in [5.41, 5.74) is 6.46. The minimum atomic E-state index is -0.311. The van der Waals surface area contributed by atoms with Crippen LogP contribution in [0.25, 0.3) is 10.9 Å². The van der Waals surface area contributed by atoms with E-state index >= 15 is 0 Å². The van der Waals surface area contributed by atoms with E-state index in [0.717, 1.165) is 44.5 Å². The van der Waals surface area contributed by atoms with Crippen molar-refractivity contribution in [3.63, 3.8) is 0 Å². The van der Waals surface area contributed by atoms with Gasteiger partial charge in [0.05, 0.1) is 12.7 Å². The second-order valence-corrected chi connectivity index (χ2v) is 9.87. The third-order valence-corrected chi connectivity index (χ3v) is 7.62. The Morgan fingerprint density at radius 3 is 2.39 bits per heavy atom. The van der Waals surface area contributed by atoms with Gasteiger partial charge >= 0.3 is 5.97 Å². The lowest BCUT2D eigenvalue weighted by atomic mass is 9.96. The van der Waals surface area contributed by atoms with Gasteiger partial charge in [0, 0.05) is 35.2 Å². The Labute approximate surface area is 212 Å². The number of nitrogens with zero attached hydrogens (tertiary/aromatic N) is 2. The number of hydrogen-bond acceptors (Lipinski definition) is 3. The normalized spacial score (nSPS) is 14.9. The van der Waals surface area contributed by atoms with Crippen molar-refractivity contribution in [3.05, 3.63) is 107 Å². The average molecular weight is 485 g/mol. The smallest absolute Gasteiger partial charge is 0.337 e. The maximum atomic E-state index is 14.1. The number of hydrogen-bond donors (Lipinski definition) is 0. The standard InChI is InChI=1S/C31H33FN2O2/c1-22-28(19-23-11-13-25(14-12-23)31(35)36-2)27-8-4-6-10-30(27)34(22)20-24-15-17-33(18-16-24)21-26-7-3-5-9-29(26)32/h3-14,24H,15-21H2,1-2H3. The largest absolute Gasteiger partial charge is 0.465 e. The summed E-state index contributed by atoms with van der Waals surface area (Å²) < 4.78 is 21.4. The Morgan fingerprint density at radius 1 is 0.972 bits per heavy atom. The molecular weight excluding hydrogens is 451 g/mol. The molecule has 36 heavy (non-hydrogen) atoms. The lowest BCUT2D eigenvalue weighted by Gasteiger charge is -2.32. The highest BCUT2D eigenvalue weighted by atomic mass is 19.1. The molecule has 1 aromatic heterocycles. The van der Waals surface area contributed by atoms with E-state index in [1.807, 2.05) is 36.4 Å². The molecule has 1 aliphatic rings. The van der Waals surface area contributed by atoms with Crippen LogP contribution in [0, 0.1) is 18.7 Å². The van der Waals surface area contributed by atoms with E-state index in [4.69, 9.17) is 4.74 Å². The van der Waals surface area contributed by atoms with Crippen molar-refractivity contribution in [2.45, 2.75) is 39.3 Å². The van der Waals surface area contributed by atoms with Crippen LogP contribution < -0.4 is 0 Å². The summed E-state index contributed by atoms with van der Waals surface area (Å²) in [5.74, 6) is 0.180. The lowest BCUT2D eigenvalue weighted by Crippen LogP contribution is -2.34. The van der Waals surface area contributed by atoms with Crippen LogP contribution in [-0.4, -0.2) is 35.6 Å². The van der Waals surface area contributed by atoms with E-state index in [9.17, 15) is 9.18 Å². The molecule has 2 heterocycles. The minimum absolute atomic E-state index is 0.110. The minimum Gasteiger partial charge on any atom is -0.465 e. The fourth-order valence-electron chi connectivity index (χ4n) is 5.49. The number of ether oxygens (including phenoxy) is 1. The number of para-hydroxylation sites is 1. The van der Waals surface area contributed by atoms with Crippen molar-refractivity contribution >= 4 is 16.9 Å². The van der Waals surface area contributed by atoms with Gasteiger partial charge in [-0.2, -0.15) is 0 Å². The molecule has 186 valence electrons. The first-order chi connectivity index (χ1) is 17.5. The van der Waals surface area contributed by atoms with Crippen molar-refractivity contribution < 1.29 is 13.9 Å². The zero-order chi connectivity index (χ0) is 25.1.